The quantitative estimate of drug-likeness (QED) is 0.902. The number of anilines is 1. The second-order valence-electron chi connectivity index (χ2n) is 5.89. The Hall–Kier alpha value is -2.84. The van der Waals surface area contributed by atoms with Gasteiger partial charge in [-0.3, -0.25) is 9.48 Å². The molecule has 26 heavy (non-hydrogen) atoms. The average molecular weight is 366 g/mol. The number of aryl methyl sites for hydroxylation is 2. The van der Waals surface area contributed by atoms with Crippen molar-refractivity contribution in [1.29, 1.82) is 0 Å². The summed E-state index contributed by atoms with van der Waals surface area (Å²) in [5.74, 6) is -0.552. The largest absolute Gasteiger partial charge is 0.416 e. The first-order chi connectivity index (χ1) is 12.3. The molecular weight excluding hydrogens is 349 g/mol. The third kappa shape index (κ3) is 3.71. The Kier molecular flexibility index (Phi) is 4.71. The molecule has 1 aliphatic heterocycles. The van der Waals surface area contributed by atoms with E-state index in [1.54, 1.807) is 4.68 Å². The van der Waals surface area contributed by atoms with Gasteiger partial charge >= 0.3 is 6.18 Å². The lowest BCUT2D eigenvalue weighted by atomic mass is 10.1. The van der Waals surface area contributed by atoms with Gasteiger partial charge in [-0.15, -0.1) is 0 Å². The molecule has 2 heterocycles. The highest BCUT2D eigenvalue weighted by Gasteiger charge is 2.32. The van der Waals surface area contributed by atoms with E-state index < -0.39 is 23.8 Å². The van der Waals surface area contributed by atoms with Crippen molar-refractivity contribution in [2.75, 3.05) is 5.32 Å². The summed E-state index contributed by atoms with van der Waals surface area (Å²) in [5.41, 5.74) is 1.37. The van der Waals surface area contributed by atoms with Crippen molar-refractivity contribution in [1.82, 2.24) is 9.78 Å². The van der Waals surface area contributed by atoms with Gasteiger partial charge in [-0.05, 0) is 32.0 Å². The fourth-order valence-corrected chi connectivity index (χ4v) is 2.64. The lowest BCUT2D eigenvalue weighted by Gasteiger charge is -2.12. The number of rotatable bonds is 4. The molecule has 1 unspecified atom stereocenters. The molecule has 138 valence electrons. The predicted molar refractivity (Wildman–Crippen MR) is 88.7 cm³/mol. The molecule has 0 bridgehead atoms. The second kappa shape index (κ2) is 6.81. The minimum absolute atomic E-state index is 0.0526. The van der Waals surface area contributed by atoms with E-state index in [9.17, 15) is 18.0 Å². The zero-order chi connectivity index (χ0) is 18.9. The Morgan fingerprint density at radius 1 is 1.42 bits per heavy atom. The first-order valence-corrected chi connectivity index (χ1v) is 8.03. The molecular formula is C17H17F3N4O2. The molecule has 6 nitrogen and oxygen atoms in total. The van der Waals surface area contributed by atoms with E-state index in [1.807, 2.05) is 20.0 Å². The number of oxime groups is 1. The molecule has 0 saturated carbocycles. The van der Waals surface area contributed by atoms with Crippen LogP contribution in [0.2, 0.25) is 0 Å². The van der Waals surface area contributed by atoms with Crippen molar-refractivity contribution in [3.8, 4) is 0 Å². The third-order valence-corrected chi connectivity index (χ3v) is 4.00. The Balaban J connectivity index is 1.67. The lowest BCUT2D eigenvalue weighted by molar-refractivity contribution is -0.137. The minimum atomic E-state index is -4.47. The number of hydrogen-bond acceptors (Lipinski definition) is 4. The average Bonchev–Trinajstić information content (AvgIpc) is 3.20. The Bertz CT molecular complexity index is 858. The van der Waals surface area contributed by atoms with Crippen LogP contribution in [0.3, 0.4) is 0 Å². The Labute approximate surface area is 147 Å². The zero-order valence-electron chi connectivity index (χ0n) is 14.2. The van der Waals surface area contributed by atoms with Crippen molar-refractivity contribution in [2.45, 2.75) is 39.1 Å². The van der Waals surface area contributed by atoms with Gasteiger partial charge in [0.1, 0.15) is 0 Å². The maximum atomic E-state index is 12.8. The number of amides is 1. The van der Waals surface area contributed by atoms with Crippen molar-refractivity contribution in [3.05, 3.63) is 47.3 Å². The van der Waals surface area contributed by atoms with Crippen LogP contribution >= 0.6 is 0 Å². The molecule has 1 N–H and O–H groups in total. The number of nitrogens with zero attached hydrogens (tertiary/aromatic N) is 3. The molecule has 0 spiro atoms. The van der Waals surface area contributed by atoms with E-state index in [-0.39, 0.29) is 12.1 Å². The number of carbonyl (C=O) groups excluding carboxylic acids is 1. The summed E-state index contributed by atoms with van der Waals surface area (Å²) in [6.07, 6.45) is -3.33. The van der Waals surface area contributed by atoms with Crippen LogP contribution in [-0.4, -0.2) is 27.5 Å². The fourth-order valence-electron chi connectivity index (χ4n) is 2.64. The van der Waals surface area contributed by atoms with Crippen LogP contribution in [0.1, 0.15) is 30.2 Å². The number of alkyl halides is 3. The van der Waals surface area contributed by atoms with Crippen molar-refractivity contribution in [3.63, 3.8) is 0 Å². The Morgan fingerprint density at radius 3 is 2.85 bits per heavy atom. The molecule has 0 radical (unpaired) electrons. The van der Waals surface area contributed by atoms with E-state index in [0.717, 1.165) is 23.4 Å². The van der Waals surface area contributed by atoms with Crippen LogP contribution < -0.4 is 5.32 Å². The van der Waals surface area contributed by atoms with E-state index >= 15 is 0 Å². The summed E-state index contributed by atoms with van der Waals surface area (Å²) in [4.78, 5) is 17.5. The van der Waals surface area contributed by atoms with Gasteiger partial charge in [-0.1, -0.05) is 11.2 Å². The standard InChI is InChI=1S/C17H17F3N4O2/c1-3-24-9-13(10(2)22-24)14-8-15(26-23-14)16(25)21-12-6-4-5-11(7-12)17(18,19)20/h4-7,9,15H,3,8H2,1-2H3,(H,21,25). The number of hydrogen-bond donors (Lipinski definition) is 1. The fraction of sp³-hybridized carbons (Fsp3) is 0.353. The Morgan fingerprint density at radius 2 is 2.19 bits per heavy atom. The van der Waals surface area contributed by atoms with Crippen molar-refractivity contribution < 1.29 is 22.8 Å². The summed E-state index contributed by atoms with van der Waals surface area (Å²) in [6, 6.07) is 4.44. The molecule has 1 amide bonds. The molecule has 9 heteroatoms. The maximum Gasteiger partial charge on any atom is 0.416 e. The predicted octanol–water partition coefficient (Wildman–Crippen LogP) is 3.36. The van der Waals surface area contributed by atoms with Gasteiger partial charge in [0, 0.05) is 30.4 Å². The summed E-state index contributed by atoms with van der Waals surface area (Å²) in [7, 11) is 0. The molecule has 1 aliphatic rings. The van der Waals surface area contributed by atoms with E-state index in [2.05, 4.69) is 15.6 Å². The van der Waals surface area contributed by atoms with Gasteiger partial charge in [0.2, 0.25) is 6.10 Å². The molecule has 1 aromatic heterocycles. The van der Waals surface area contributed by atoms with Crippen LogP contribution in [0.5, 0.6) is 0 Å². The first kappa shape index (κ1) is 18.0. The van der Waals surface area contributed by atoms with Gasteiger partial charge in [0.25, 0.3) is 5.91 Å². The second-order valence-corrected chi connectivity index (χ2v) is 5.89. The van der Waals surface area contributed by atoms with Gasteiger partial charge in [-0.2, -0.15) is 18.3 Å². The monoisotopic (exact) mass is 366 g/mol. The number of halogens is 3. The number of aromatic nitrogens is 2. The summed E-state index contributed by atoms with van der Waals surface area (Å²) in [6.45, 7) is 4.49. The molecule has 0 saturated heterocycles. The molecule has 3 rings (SSSR count). The molecule has 0 fully saturated rings. The van der Waals surface area contributed by atoms with Crippen LogP contribution in [0.25, 0.3) is 0 Å². The van der Waals surface area contributed by atoms with Crippen molar-refractivity contribution in [2.24, 2.45) is 5.16 Å². The number of benzene rings is 1. The van der Waals surface area contributed by atoms with Crippen LogP contribution in [0.4, 0.5) is 18.9 Å². The lowest BCUT2D eigenvalue weighted by Crippen LogP contribution is -2.28. The smallest absolute Gasteiger partial charge is 0.382 e. The van der Waals surface area contributed by atoms with E-state index in [4.69, 9.17) is 4.84 Å². The van der Waals surface area contributed by atoms with Gasteiger partial charge < -0.3 is 10.2 Å². The number of carbonyl (C=O) groups is 1. The van der Waals surface area contributed by atoms with Crippen molar-refractivity contribution >= 4 is 17.3 Å². The van der Waals surface area contributed by atoms with E-state index in [0.29, 0.717) is 12.3 Å². The van der Waals surface area contributed by atoms with E-state index in [1.165, 1.54) is 12.1 Å². The molecule has 1 atom stereocenters. The maximum absolute atomic E-state index is 12.8. The van der Waals surface area contributed by atoms with Crippen LogP contribution in [-0.2, 0) is 22.4 Å². The summed E-state index contributed by atoms with van der Waals surface area (Å²) >= 11 is 0. The first-order valence-electron chi connectivity index (χ1n) is 8.03. The van der Waals surface area contributed by atoms with Crippen LogP contribution in [0.15, 0.2) is 35.6 Å². The minimum Gasteiger partial charge on any atom is -0.382 e. The van der Waals surface area contributed by atoms with Gasteiger partial charge in [-0.25, -0.2) is 0 Å². The summed E-state index contributed by atoms with van der Waals surface area (Å²) < 4.78 is 40.0. The SMILES string of the molecule is CCn1cc(C2=NOC(C(=O)Nc3cccc(C(F)(F)F)c3)C2)c(C)n1. The topological polar surface area (TPSA) is 68.5 Å². The zero-order valence-corrected chi connectivity index (χ0v) is 14.2. The highest BCUT2D eigenvalue weighted by atomic mass is 19.4. The third-order valence-electron chi connectivity index (χ3n) is 4.00. The highest BCUT2D eigenvalue weighted by molar-refractivity contribution is 6.06. The van der Waals surface area contributed by atoms with Crippen LogP contribution in [0, 0.1) is 6.92 Å². The molecule has 2 aromatic rings. The molecule has 0 aliphatic carbocycles. The molecule has 1 aromatic carbocycles. The normalized spacial score (nSPS) is 17.0. The summed E-state index contributed by atoms with van der Waals surface area (Å²) in [5, 5.41) is 10.7. The number of nitrogens with one attached hydrogen (secondary N) is 1. The van der Waals surface area contributed by atoms with Gasteiger partial charge in [0.15, 0.2) is 0 Å². The highest BCUT2D eigenvalue weighted by Crippen LogP contribution is 2.31. The van der Waals surface area contributed by atoms with Gasteiger partial charge in [0.05, 0.1) is 17.0 Å².